The molecule has 2 rings (SSSR count). The fourth-order valence-electron chi connectivity index (χ4n) is 1.54. The number of hydrogen-bond acceptors (Lipinski definition) is 2. The minimum absolute atomic E-state index is 0.0895. The number of rotatable bonds is 3. The Morgan fingerprint density at radius 3 is 2.94 bits per heavy atom. The molecule has 1 aromatic carbocycles. The molecular formula is C12H11FN2O. The van der Waals surface area contributed by atoms with Crippen molar-refractivity contribution in [1.29, 1.82) is 0 Å². The van der Waals surface area contributed by atoms with Crippen LogP contribution in [0.5, 0.6) is 0 Å². The van der Waals surface area contributed by atoms with Gasteiger partial charge in [-0.2, -0.15) is 0 Å². The number of hydrogen-bond donors (Lipinski definition) is 0. The normalized spacial score (nSPS) is 10.4. The van der Waals surface area contributed by atoms with Crippen LogP contribution in [-0.2, 0) is 13.5 Å². The van der Waals surface area contributed by atoms with Gasteiger partial charge in [-0.3, -0.25) is 4.79 Å². The van der Waals surface area contributed by atoms with Crippen LogP contribution in [0, 0.1) is 5.82 Å². The predicted octanol–water partition coefficient (Wildman–Crippen LogP) is 1.96. The van der Waals surface area contributed by atoms with Gasteiger partial charge in [0, 0.05) is 25.9 Å². The zero-order chi connectivity index (χ0) is 11.5. The Morgan fingerprint density at radius 1 is 1.50 bits per heavy atom. The van der Waals surface area contributed by atoms with Crippen molar-refractivity contribution >= 4 is 6.29 Å². The minimum atomic E-state index is -0.487. The first-order valence-electron chi connectivity index (χ1n) is 4.90. The van der Waals surface area contributed by atoms with Crippen LogP contribution in [0.3, 0.4) is 0 Å². The molecule has 0 bridgehead atoms. The van der Waals surface area contributed by atoms with Gasteiger partial charge < -0.3 is 4.57 Å². The van der Waals surface area contributed by atoms with E-state index in [0.29, 0.717) is 12.7 Å². The Hall–Kier alpha value is -1.97. The highest BCUT2D eigenvalue weighted by Crippen LogP contribution is 2.12. The number of benzene rings is 1. The van der Waals surface area contributed by atoms with Crippen LogP contribution in [0.1, 0.15) is 21.7 Å². The molecule has 0 radical (unpaired) electrons. The minimum Gasteiger partial charge on any atom is -0.338 e. The highest BCUT2D eigenvalue weighted by molar-refractivity contribution is 5.75. The third-order valence-corrected chi connectivity index (χ3v) is 2.47. The molecule has 4 heteroatoms. The first-order chi connectivity index (χ1) is 7.70. The largest absolute Gasteiger partial charge is 0.338 e. The smallest absolute Gasteiger partial charge is 0.153 e. The van der Waals surface area contributed by atoms with Gasteiger partial charge in [0.15, 0.2) is 6.29 Å². The van der Waals surface area contributed by atoms with Gasteiger partial charge >= 0.3 is 0 Å². The molecule has 0 saturated carbocycles. The molecule has 0 N–H and O–H groups in total. The molecule has 0 aliphatic heterocycles. The molecule has 0 spiro atoms. The molecule has 82 valence electrons. The third kappa shape index (κ3) is 2.00. The second-order valence-electron chi connectivity index (χ2n) is 3.60. The molecule has 0 fully saturated rings. The highest BCUT2D eigenvalue weighted by Gasteiger charge is 2.05. The number of halogens is 1. The summed E-state index contributed by atoms with van der Waals surface area (Å²) in [6, 6.07) is 4.52. The number of aromatic nitrogens is 2. The van der Waals surface area contributed by atoms with E-state index in [9.17, 15) is 9.18 Å². The third-order valence-electron chi connectivity index (χ3n) is 2.47. The summed E-state index contributed by atoms with van der Waals surface area (Å²) in [5.74, 6) is 0.391. The number of aryl methyl sites for hydroxylation is 1. The Kier molecular flexibility index (Phi) is 2.81. The number of carbonyl (C=O) groups excluding carboxylic acids is 1. The fourth-order valence-corrected chi connectivity index (χ4v) is 1.54. The van der Waals surface area contributed by atoms with E-state index in [1.807, 2.05) is 17.8 Å². The van der Waals surface area contributed by atoms with Gasteiger partial charge in [-0.25, -0.2) is 9.37 Å². The predicted molar refractivity (Wildman–Crippen MR) is 57.8 cm³/mol. The van der Waals surface area contributed by atoms with E-state index in [1.54, 1.807) is 18.3 Å². The van der Waals surface area contributed by atoms with Crippen molar-refractivity contribution in [2.24, 2.45) is 7.05 Å². The highest BCUT2D eigenvalue weighted by atomic mass is 19.1. The van der Waals surface area contributed by atoms with Crippen molar-refractivity contribution in [3.8, 4) is 0 Å². The number of nitrogens with zero attached hydrogens (tertiary/aromatic N) is 2. The summed E-state index contributed by atoms with van der Waals surface area (Å²) in [5, 5.41) is 0. The standard InChI is InChI=1S/C12H11FN2O/c1-15-5-4-14-12(15)7-9-2-3-11(13)10(6-9)8-16/h2-6,8H,7H2,1H3. The summed E-state index contributed by atoms with van der Waals surface area (Å²) >= 11 is 0. The van der Waals surface area contributed by atoms with Gasteiger partial charge in [0.1, 0.15) is 11.6 Å². The van der Waals surface area contributed by atoms with Crippen LogP contribution in [0.25, 0.3) is 0 Å². The maximum absolute atomic E-state index is 13.1. The Balaban J connectivity index is 2.29. The zero-order valence-electron chi connectivity index (χ0n) is 8.85. The molecule has 0 unspecified atom stereocenters. The summed E-state index contributed by atoms with van der Waals surface area (Å²) in [7, 11) is 1.90. The molecular weight excluding hydrogens is 207 g/mol. The van der Waals surface area contributed by atoms with E-state index in [2.05, 4.69) is 4.98 Å². The molecule has 0 aliphatic rings. The van der Waals surface area contributed by atoms with Crippen molar-refractivity contribution in [2.45, 2.75) is 6.42 Å². The second kappa shape index (κ2) is 4.26. The maximum atomic E-state index is 13.1. The summed E-state index contributed by atoms with van der Waals surface area (Å²) in [5.41, 5.74) is 0.963. The summed E-state index contributed by atoms with van der Waals surface area (Å²) in [6.07, 6.45) is 4.67. The van der Waals surface area contributed by atoms with E-state index < -0.39 is 5.82 Å². The lowest BCUT2D eigenvalue weighted by Crippen LogP contribution is -1.99. The fraction of sp³-hybridized carbons (Fsp3) is 0.167. The van der Waals surface area contributed by atoms with Crippen LogP contribution >= 0.6 is 0 Å². The maximum Gasteiger partial charge on any atom is 0.153 e. The number of carbonyl (C=O) groups is 1. The van der Waals surface area contributed by atoms with E-state index >= 15 is 0 Å². The monoisotopic (exact) mass is 218 g/mol. The van der Waals surface area contributed by atoms with Gasteiger partial charge in [-0.15, -0.1) is 0 Å². The molecule has 0 atom stereocenters. The van der Waals surface area contributed by atoms with Crippen LogP contribution in [0.2, 0.25) is 0 Å². The SMILES string of the molecule is Cn1ccnc1Cc1ccc(F)c(C=O)c1. The lowest BCUT2D eigenvalue weighted by atomic mass is 10.1. The number of aldehydes is 1. The van der Waals surface area contributed by atoms with Crippen molar-refractivity contribution in [2.75, 3.05) is 0 Å². The van der Waals surface area contributed by atoms with Crippen molar-refractivity contribution < 1.29 is 9.18 Å². The van der Waals surface area contributed by atoms with Crippen molar-refractivity contribution in [3.63, 3.8) is 0 Å². The molecule has 0 amide bonds. The van der Waals surface area contributed by atoms with Crippen molar-refractivity contribution in [3.05, 3.63) is 53.4 Å². The summed E-state index contributed by atoms with van der Waals surface area (Å²) in [4.78, 5) is 14.8. The van der Waals surface area contributed by atoms with Gasteiger partial charge in [0.25, 0.3) is 0 Å². The van der Waals surface area contributed by atoms with Gasteiger partial charge in [0.2, 0.25) is 0 Å². The van der Waals surface area contributed by atoms with Crippen LogP contribution in [0.4, 0.5) is 4.39 Å². The second-order valence-corrected chi connectivity index (χ2v) is 3.60. The number of imidazole rings is 1. The topological polar surface area (TPSA) is 34.9 Å². The van der Waals surface area contributed by atoms with Gasteiger partial charge in [-0.1, -0.05) is 6.07 Å². The summed E-state index contributed by atoms with van der Waals surface area (Å²) in [6.45, 7) is 0. The average Bonchev–Trinajstić information content (AvgIpc) is 2.67. The van der Waals surface area contributed by atoms with Crippen molar-refractivity contribution in [1.82, 2.24) is 9.55 Å². The van der Waals surface area contributed by atoms with E-state index in [-0.39, 0.29) is 5.56 Å². The van der Waals surface area contributed by atoms with Gasteiger partial charge in [-0.05, 0) is 17.7 Å². The molecule has 3 nitrogen and oxygen atoms in total. The summed E-state index contributed by atoms with van der Waals surface area (Å²) < 4.78 is 15.0. The van der Waals surface area contributed by atoms with Crippen LogP contribution in [0.15, 0.2) is 30.6 Å². The van der Waals surface area contributed by atoms with E-state index in [1.165, 1.54) is 6.07 Å². The van der Waals surface area contributed by atoms with Crippen LogP contribution < -0.4 is 0 Å². The Labute approximate surface area is 92.5 Å². The molecule has 0 saturated heterocycles. The Morgan fingerprint density at radius 2 is 2.31 bits per heavy atom. The first kappa shape index (κ1) is 10.5. The Bertz CT molecular complexity index is 519. The molecule has 16 heavy (non-hydrogen) atoms. The van der Waals surface area contributed by atoms with E-state index in [0.717, 1.165) is 11.4 Å². The lowest BCUT2D eigenvalue weighted by molar-refractivity contribution is 0.111. The molecule has 1 aromatic heterocycles. The van der Waals surface area contributed by atoms with Crippen LogP contribution in [-0.4, -0.2) is 15.8 Å². The average molecular weight is 218 g/mol. The lowest BCUT2D eigenvalue weighted by Gasteiger charge is -2.03. The van der Waals surface area contributed by atoms with E-state index in [4.69, 9.17) is 0 Å². The van der Waals surface area contributed by atoms with Gasteiger partial charge in [0.05, 0.1) is 5.56 Å². The quantitative estimate of drug-likeness (QED) is 0.738. The first-order valence-corrected chi connectivity index (χ1v) is 4.90. The molecule has 2 aromatic rings. The molecule has 0 aliphatic carbocycles. The molecule has 1 heterocycles. The zero-order valence-corrected chi connectivity index (χ0v) is 8.85.